The molecule has 1 fully saturated rings. The van der Waals surface area contributed by atoms with Gasteiger partial charge in [0.1, 0.15) is 6.04 Å². The molecule has 206 valence electrons. The molecular weight excluding hydrogens is 518 g/mol. The minimum atomic E-state index is -3.45. The third-order valence-corrected chi connectivity index (χ3v) is 8.00. The molecule has 0 radical (unpaired) electrons. The number of carboxylic acids is 1. The van der Waals surface area contributed by atoms with Crippen LogP contribution < -0.4 is 14.9 Å². The number of rotatable bonds is 9. The van der Waals surface area contributed by atoms with E-state index in [0.29, 0.717) is 0 Å². The number of hydrogen-bond acceptors (Lipinski definition) is 6. The van der Waals surface area contributed by atoms with E-state index in [9.17, 15) is 23.1 Å². The Bertz CT molecular complexity index is 1510. The molecule has 1 amide bonds. The normalized spacial score (nSPS) is 18.3. The topological polar surface area (TPSA) is 135 Å². The first-order valence-corrected chi connectivity index (χ1v) is 14.8. The zero-order valence-electron chi connectivity index (χ0n) is 22.0. The number of carbonyl (C=O) groups is 2. The molecular formula is C28H33N5O5S. The van der Waals surface area contributed by atoms with Gasteiger partial charge in [-0.15, -0.1) is 0 Å². The van der Waals surface area contributed by atoms with E-state index in [1.54, 1.807) is 6.08 Å². The van der Waals surface area contributed by atoms with Gasteiger partial charge in [0.15, 0.2) is 0 Å². The van der Waals surface area contributed by atoms with Crippen molar-refractivity contribution < 1.29 is 23.1 Å². The number of piperazine rings is 1. The number of aromatic amines is 1. The number of carboxylic acid groups (broad SMARTS) is 1. The Morgan fingerprint density at radius 1 is 1.13 bits per heavy atom. The molecule has 0 saturated carbocycles. The summed E-state index contributed by atoms with van der Waals surface area (Å²) < 4.78 is 26.5. The summed E-state index contributed by atoms with van der Waals surface area (Å²) in [5.41, 5.74) is 4.87. The number of nitrogens with one attached hydrogen (secondary N) is 3. The molecule has 39 heavy (non-hydrogen) atoms. The Kier molecular flexibility index (Phi) is 7.48. The summed E-state index contributed by atoms with van der Waals surface area (Å²) in [6.45, 7) is 3.33. The molecule has 2 aromatic carbocycles. The molecule has 1 unspecified atom stereocenters. The number of fused-ring (bicyclic) bond motifs is 2. The van der Waals surface area contributed by atoms with Crippen molar-refractivity contribution in [3.05, 3.63) is 70.9 Å². The van der Waals surface area contributed by atoms with Crippen LogP contribution in [-0.4, -0.2) is 80.8 Å². The predicted molar refractivity (Wildman–Crippen MR) is 151 cm³/mol. The van der Waals surface area contributed by atoms with E-state index in [0.717, 1.165) is 71.4 Å². The number of benzene rings is 2. The number of sulfonamides is 1. The number of likely N-dealkylation sites (N-methyl/N-ethyl adjacent to an activating group) is 1. The standard InChI is InChI=1S/C28H33N5O5S/c1-32-11-13-33(14-12-32)26-10-8-21-20(7-9-24(21)31-39(2,37)38)22(26)17-27(34)30-25(28(35)36)16-19-15-18-5-3-4-6-23(18)29-19/h3-10,15,24-25,29,31H,11-14,16-17H2,1-2H3,(H,30,34)(H,35,36)/t24?,25-/m1/s1. The van der Waals surface area contributed by atoms with Gasteiger partial charge in [0, 0.05) is 49.5 Å². The van der Waals surface area contributed by atoms with Gasteiger partial charge in [0.05, 0.1) is 18.7 Å². The van der Waals surface area contributed by atoms with Crippen molar-refractivity contribution in [2.75, 3.05) is 44.4 Å². The molecule has 10 nitrogen and oxygen atoms in total. The number of nitrogens with zero attached hydrogens (tertiary/aromatic N) is 2. The van der Waals surface area contributed by atoms with E-state index in [4.69, 9.17) is 0 Å². The van der Waals surface area contributed by atoms with Crippen LogP contribution in [0.4, 0.5) is 5.69 Å². The van der Waals surface area contributed by atoms with Gasteiger partial charge in [0.25, 0.3) is 0 Å². The van der Waals surface area contributed by atoms with Gasteiger partial charge in [-0.05, 0) is 47.3 Å². The fourth-order valence-corrected chi connectivity index (χ4v) is 6.03. The molecule has 2 heterocycles. The van der Waals surface area contributed by atoms with Crippen molar-refractivity contribution in [1.82, 2.24) is 19.9 Å². The van der Waals surface area contributed by atoms with Crippen LogP contribution in [0.5, 0.6) is 0 Å². The molecule has 5 rings (SSSR count). The number of hydrogen-bond donors (Lipinski definition) is 4. The number of aromatic nitrogens is 1. The first-order valence-electron chi connectivity index (χ1n) is 12.9. The first-order chi connectivity index (χ1) is 18.6. The van der Waals surface area contributed by atoms with Gasteiger partial charge in [-0.1, -0.05) is 36.4 Å². The second kappa shape index (κ2) is 10.8. The van der Waals surface area contributed by atoms with E-state index in [2.05, 4.69) is 31.9 Å². The summed E-state index contributed by atoms with van der Waals surface area (Å²) in [7, 11) is -1.39. The minimum absolute atomic E-state index is 0.0305. The lowest BCUT2D eigenvalue weighted by molar-refractivity contribution is -0.141. The predicted octanol–water partition coefficient (Wildman–Crippen LogP) is 1.89. The summed E-state index contributed by atoms with van der Waals surface area (Å²) in [4.78, 5) is 33.1. The van der Waals surface area contributed by atoms with Crippen molar-refractivity contribution in [2.45, 2.75) is 24.9 Å². The van der Waals surface area contributed by atoms with Crippen LogP contribution in [0.15, 0.2) is 48.5 Å². The second-order valence-corrected chi connectivity index (χ2v) is 12.1. The van der Waals surface area contributed by atoms with Crippen molar-refractivity contribution >= 4 is 44.6 Å². The maximum absolute atomic E-state index is 13.3. The number of aliphatic carboxylic acids is 1. The molecule has 11 heteroatoms. The van der Waals surface area contributed by atoms with E-state index < -0.39 is 34.0 Å². The van der Waals surface area contributed by atoms with Crippen LogP contribution in [0.3, 0.4) is 0 Å². The maximum atomic E-state index is 13.3. The highest BCUT2D eigenvalue weighted by molar-refractivity contribution is 7.88. The van der Waals surface area contributed by atoms with Gasteiger partial charge in [-0.2, -0.15) is 0 Å². The molecule has 1 aromatic heterocycles. The summed E-state index contributed by atoms with van der Waals surface area (Å²) in [5, 5.41) is 13.6. The lowest BCUT2D eigenvalue weighted by Crippen LogP contribution is -2.45. The van der Waals surface area contributed by atoms with Gasteiger partial charge in [-0.25, -0.2) is 17.9 Å². The van der Waals surface area contributed by atoms with E-state index >= 15 is 0 Å². The average molecular weight is 552 g/mol. The Morgan fingerprint density at radius 2 is 1.87 bits per heavy atom. The lowest BCUT2D eigenvalue weighted by atomic mass is 9.96. The quantitative estimate of drug-likeness (QED) is 0.319. The molecule has 4 N–H and O–H groups in total. The zero-order chi connectivity index (χ0) is 27.7. The van der Waals surface area contributed by atoms with E-state index in [-0.39, 0.29) is 12.8 Å². The highest BCUT2D eigenvalue weighted by Crippen LogP contribution is 2.37. The average Bonchev–Trinajstić information content (AvgIpc) is 3.47. The molecule has 2 aliphatic rings. The fourth-order valence-electron chi connectivity index (χ4n) is 5.37. The molecule has 1 aliphatic carbocycles. The van der Waals surface area contributed by atoms with Crippen LogP contribution in [0.25, 0.3) is 17.0 Å². The Balaban J connectivity index is 1.40. The molecule has 3 aromatic rings. The van der Waals surface area contributed by atoms with Gasteiger partial charge in [0.2, 0.25) is 15.9 Å². The zero-order valence-corrected chi connectivity index (χ0v) is 22.8. The number of amides is 1. The summed E-state index contributed by atoms with van der Waals surface area (Å²) in [5.74, 6) is -1.52. The maximum Gasteiger partial charge on any atom is 0.326 e. The largest absolute Gasteiger partial charge is 0.480 e. The first kappa shape index (κ1) is 26.9. The summed E-state index contributed by atoms with van der Waals surface area (Å²) in [6.07, 6.45) is 4.83. The fraction of sp³-hybridized carbons (Fsp3) is 0.357. The highest BCUT2D eigenvalue weighted by atomic mass is 32.2. The van der Waals surface area contributed by atoms with Gasteiger partial charge < -0.3 is 25.2 Å². The van der Waals surface area contributed by atoms with Crippen LogP contribution in [0.2, 0.25) is 0 Å². The SMILES string of the molecule is CN1CCN(c2ccc3c(c2CC(=O)N[C@H](Cc2cc4ccccc4[nH]2)C(=O)O)C=CC3NS(C)(=O)=O)CC1. The molecule has 0 bridgehead atoms. The van der Waals surface area contributed by atoms with Gasteiger partial charge in [-0.3, -0.25) is 4.79 Å². The van der Waals surface area contributed by atoms with Crippen molar-refractivity contribution in [2.24, 2.45) is 0 Å². The third kappa shape index (κ3) is 6.16. The second-order valence-electron chi connectivity index (χ2n) is 10.3. The van der Waals surface area contributed by atoms with E-state index in [1.165, 1.54) is 0 Å². The Hall–Kier alpha value is -3.67. The number of para-hydroxylation sites is 1. The molecule has 1 saturated heterocycles. The van der Waals surface area contributed by atoms with Crippen LogP contribution >= 0.6 is 0 Å². The van der Waals surface area contributed by atoms with Crippen molar-refractivity contribution in [1.29, 1.82) is 0 Å². The van der Waals surface area contributed by atoms with Crippen molar-refractivity contribution in [3.63, 3.8) is 0 Å². The number of carbonyl (C=O) groups excluding carboxylic acids is 1. The molecule has 1 aliphatic heterocycles. The van der Waals surface area contributed by atoms with Crippen molar-refractivity contribution in [3.8, 4) is 0 Å². The number of anilines is 1. The van der Waals surface area contributed by atoms with Crippen LogP contribution in [0.1, 0.15) is 28.4 Å². The highest BCUT2D eigenvalue weighted by Gasteiger charge is 2.29. The third-order valence-electron chi connectivity index (χ3n) is 7.32. The van der Waals surface area contributed by atoms with Gasteiger partial charge >= 0.3 is 5.97 Å². The smallest absolute Gasteiger partial charge is 0.326 e. The summed E-state index contributed by atoms with van der Waals surface area (Å²) >= 11 is 0. The summed E-state index contributed by atoms with van der Waals surface area (Å²) in [6, 6.07) is 11.8. The minimum Gasteiger partial charge on any atom is -0.480 e. The Labute approximate surface area is 227 Å². The van der Waals surface area contributed by atoms with Crippen LogP contribution in [-0.2, 0) is 32.5 Å². The monoisotopic (exact) mass is 551 g/mol. The Morgan fingerprint density at radius 3 is 2.56 bits per heavy atom. The van der Waals surface area contributed by atoms with E-state index in [1.807, 2.05) is 48.5 Å². The molecule has 2 atom stereocenters. The van der Waals surface area contributed by atoms with Crippen LogP contribution in [0, 0.1) is 0 Å². The molecule has 0 spiro atoms. The number of H-pyrrole nitrogens is 1. The lowest BCUT2D eigenvalue weighted by Gasteiger charge is -2.36.